The zero-order valence-corrected chi connectivity index (χ0v) is 15.4. The van der Waals surface area contributed by atoms with E-state index in [9.17, 15) is 0 Å². The lowest BCUT2D eigenvalue weighted by Crippen LogP contribution is -1.97. The van der Waals surface area contributed by atoms with Crippen LogP contribution in [-0.2, 0) is 0 Å². The summed E-state index contributed by atoms with van der Waals surface area (Å²) < 4.78 is 21.5. The average Bonchev–Trinajstić information content (AvgIpc) is 2.64. The molecule has 0 heterocycles. The number of allylic oxidation sites excluding steroid dienone is 1. The molecule has 0 aromatic heterocycles. The van der Waals surface area contributed by atoms with Crippen molar-refractivity contribution in [3.63, 3.8) is 0 Å². The number of nitrogens with two attached hydrogens (primary N) is 1. The number of anilines is 1. The predicted octanol–water partition coefficient (Wildman–Crippen LogP) is 4.25. The van der Waals surface area contributed by atoms with Gasteiger partial charge >= 0.3 is 0 Å². The number of benzene rings is 2. The van der Waals surface area contributed by atoms with E-state index in [0.717, 1.165) is 23.1 Å². The lowest BCUT2D eigenvalue weighted by molar-refractivity contribution is 0.324. The number of ether oxygens (including phenoxy) is 4. The molecule has 2 aromatic rings. The average molecular weight is 343 g/mol. The summed E-state index contributed by atoms with van der Waals surface area (Å²) >= 11 is 0. The summed E-state index contributed by atoms with van der Waals surface area (Å²) in [5, 5.41) is 0. The highest BCUT2D eigenvalue weighted by Gasteiger charge is 2.14. The van der Waals surface area contributed by atoms with Crippen molar-refractivity contribution in [2.75, 3.05) is 34.2 Å². The number of hydrogen-bond donors (Lipinski definition) is 1. The Balaban J connectivity index is 2.51. The fourth-order valence-corrected chi connectivity index (χ4v) is 2.70. The molecule has 0 bridgehead atoms. The van der Waals surface area contributed by atoms with Crippen LogP contribution in [0.1, 0.15) is 24.5 Å². The van der Waals surface area contributed by atoms with Gasteiger partial charge < -0.3 is 24.7 Å². The van der Waals surface area contributed by atoms with Gasteiger partial charge in [-0.05, 0) is 47.4 Å². The first-order valence-electron chi connectivity index (χ1n) is 8.02. The van der Waals surface area contributed by atoms with Gasteiger partial charge in [0.1, 0.15) is 5.75 Å². The smallest absolute Gasteiger partial charge is 0.203 e. The summed E-state index contributed by atoms with van der Waals surface area (Å²) in [5.41, 5.74) is 9.75. The predicted molar refractivity (Wildman–Crippen MR) is 102 cm³/mol. The van der Waals surface area contributed by atoms with Gasteiger partial charge in [-0.3, -0.25) is 0 Å². The van der Waals surface area contributed by atoms with Crippen molar-refractivity contribution < 1.29 is 18.9 Å². The van der Waals surface area contributed by atoms with Crippen LogP contribution in [0.15, 0.2) is 30.3 Å². The van der Waals surface area contributed by atoms with E-state index in [1.54, 1.807) is 28.4 Å². The van der Waals surface area contributed by atoms with Crippen LogP contribution in [0.25, 0.3) is 11.6 Å². The Morgan fingerprint density at radius 2 is 1.48 bits per heavy atom. The van der Waals surface area contributed by atoms with Gasteiger partial charge in [0.15, 0.2) is 11.5 Å². The van der Waals surface area contributed by atoms with E-state index in [4.69, 9.17) is 24.7 Å². The van der Waals surface area contributed by atoms with Crippen LogP contribution in [0.2, 0.25) is 0 Å². The summed E-state index contributed by atoms with van der Waals surface area (Å²) in [6, 6.07) is 9.63. The lowest BCUT2D eigenvalue weighted by Gasteiger charge is -2.15. The Kier molecular flexibility index (Phi) is 6.17. The van der Waals surface area contributed by atoms with Crippen molar-refractivity contribution in [1.82, 2.24) is 0 Å². The highest BCUT2D eigenvalue weighted by molar-refractivity contribution is 5.84. The van der Waals surface area contributed by atoms with Gasteiger partial charge in [-0.15, -0.1) is 0 Å². The molecule has 0 radical (unpaired) electrons. The van der Waals surface area contributed by atoms with Crippen LogP contribution in [-0.4, -0.2) is 28.4 Å². The molecule has 0 unspecified atom stereocenters. The molecule has 2 rings (SSSR count). The molecule has 2 N–H and O–H groups in total. The van der Waals surface area contributed by atoms with E-state index >= 15 is 0 Å². The Hall–Kier alpha value is -2.82. The number of rotatable bonds is 7. The maximum Gasteiger partial charge on any atom is 0.203 e. The van der Waals surface area contributed by atoms with Crippen molar-refractivity contribution in [2.45, 2.75) is 13.3 Å². The van der Waals surface area contributed by atoms with E-state index < -0.39 is 0 Å². The third kappa shape index (κ3) is 3.99. The molecule has 0 aliphatic heterocycles. The standard InChI is InChI=1S/C20H25NO4/c1-6-14(9-13-7-8-17(22-2)16(21)10-13)15-11-18(23-3)20(25-5)19(12-15)24-4/h7-12H,6,21H2,1-5H3/b14-9-. The van der Waals surface area contributed by atoms with Crippen LogP contribution in [0.5, 0.6) is 23.0 Å². The first kappa shape index (κ1) is 18.5. The van der Waals surface area contributed by atoms with Crippen LogP contribution < -0.4 is 24.7 Å². The molecule has 25 heavy (non-hydrogen) atoms. The molecule has 0 fully saturated rings. The van der Waals surface area contributed by atoms with Gasteiger partial charge in [0.05, 0.1) is 34.1 Å². The van der Waals surface area contributed by atoms with Crippen molar-refractivity contribution in [3.05, 3.63) is 41.5 Å². The van der Waals surface area contributed by atoms with Gasteiger partial charge in [0.25, 0.3) is 0 Å². The minimum absolute atomic E-state index is 0.581. The summed E-state index contributed by atoms with van der Waals surface area (Å²) in [5.74, 6) is 2.51. The maximum atomic E-state index is 6.01. The molecule has 0 aliphatic rings. The van der Waals surface area contributed by atoms with E-state index in [1.165, 1.54) is 0 Å². The molecule has 0 saturated carbocycles. The zero-order valence-electron chi connectivity index (χ0n) is 15.4. The van der Waals surface area contributed by atoms with Gasteiger partial charge in [-0.2, -0.15) is 0 Å². The number of hydrogen-bond acceptors (Lipinski definition) is 5. The molecule has 0 aliphatic carbocycles. The topological polar surface area (TPSA) is 62.9 Å². The molecule has 5 nitrogen and oxygen atoms in total. The highest BCUT2D eigenvalue weighted by atomic mass is 16.5. The van der Waals surface area contributed by atoms with Crippen LogP contribution in [0.3, 0.4) is 0 Å². The second-order valence-electron chi connectivity index (χ2n) is 5.44. The maximum absolute atomic E-state index is 6.01. The molecule has 0 saturated heterocycles. The molecule has 134 valence electrons. The van der Waals surface area contributed by atoms with Crippen molar-refractivity contribution in [1.29, 1.82) is 0 Å². The summed E-state index contributed by atoms with van der Waals surface area (Å²) in [7, 11) is 6.42. The molecule has 0 amide bonds. The van der Waals surface area contributed by atoms with Gasteiger partial charge in [0.2, 0.25) is 5.75 Å². The Morgan fingerprint density at radius 3 is 1.92 bits per heavy atom. The van der Waals surface area contributed by atoms with Crippen LogP contribution >= 0.6 is 0 Å². The first-order chi connectivity index (χ1) is 12.1. The second kappa shape index (κ2) is 8.33. The molecule has 2 aromatic carbocycles. The summed E-state index contributed by atoms with van der Waals surface area (Å²) in [4.78, 5) is 0. The summed E-state index contributed by atoms with van der Waals surface area (Å²) in [6.07, 6.45) is 2.93. The monoisotopic (exact) mass is 343 g/mol. The SMILES string of the molecule is CC/C(=C/c1ccc(OC)c(N)c1)c1cc(OC)c(OC)c(OC)c1. The number of nitrogen functional groups attached to an aromatic ring is 1. The Bertz CT molecular complexity index is 743. The normalized spacial score (nSPS) is 11.2. The first-order valence-corrected chi connectivity index (χ1v) is 8.02. The van der Waals surface area contributed by atoms with Crippen molar-refractivity contribution in [3.8, 4) is 23.0 Å². The number of methoxy groups -OCH3 is 4. The van der Waals surface area contributed by atoms with E-state index in [1.807, 2.05) is 30.3 Å². The van der Waals surface area contributed by atoms with E-state index in [2.05, 4.69) is 13.0 Å². The minimum atomic E-state index is 0.581. The zero-order chi connectivity index (χ0) is 18.4. The quantitative estimate of drug-likeness (QED) is 0.601. The van der Waals surface area contributed by atoms with Gasteiger partial charge in [-0.25, -0.2) is 0 Å². The molecule has 0 atom stereocenters. The molecule has 0 spiro atoms. The van der Waals surface area contributed by atoms with E-state index in [0.29, 0.717) is 28.7 Å². The summed E-state index contributed by atoms with van der Waals surface area (Å²) in [6.45, 7) is 2.10. The second-order valence-corrected chi connectivity index (χ2v) is 5.44. The molecule has 5 heteroatoms. The van der Waals surface area contributed by atoms with Crippen molar-refractivity contribution >= 4 is 17.3 Å². The third-order valence-corrected chi connectivity index (χ3v) is 4.01. The largest absolute Gasteiger partial charge is 0.495 e. The minimum Gasteiger partial charge on any atom is -0.495 e. The Morgan fingerprint density at radius 1 is 0.880 bits per heavy atom. The third-order valence-electron chi connectivity index (χ3n) is 4.01. The Labute approximate surface area is 149 Å². The highest BCUT2D eigenvalue weighted by Crippen LogP contribution is 2.40. The lowest BCUT2D eigenvalue weighted by atomic mass is 9.99. The van der Waals surface area contributed by atoms with Crippen LogP contribution in [0.4, 0.5) is 5.69 Å². The molecular formula is C20H25NO4. The van der Waals surface area contributed by atoms with Gasteiger partial charge in [0, 0.05) is 0 Å². The fraction of sp³-hybridized carbons (Fsp3) is 0.300. The van der Waals surface area contributed by atoms with Crippen LogP contribution in [0, 0.1) is 0 Å². The van der Waals surface area contributed by atoms with Crippen molar-refractivity contribution in [2.24, 2.45) is 0 Å². The fourth-order valence-electron chi connectivity index (χ4n) is 2.70. The van der Waals surface area contributed by atoms with E-state index in [-0.39, 0.29) is 0 Å². The van der Waals surface area contributed by atoms with Gasteiger partial charge in [-0.1, -0.05) is 19.1 Å². The molecular weight excluding hydrogens is 318 g/mol.